The first-order valence-electron chi connectivity index (χ1n) is 5.71. The second-order valence-corrected chi connectivity index (χ2v) is 4.62. The highest BCUT2D eigenvalue weighted by Gasteiger charge is 2.39. The van der Waals surface area contributed by atoms with E-state index in [0.717, 1.165) is 24.5 Å². The largest absolute Gasteiger partial charge is 0.396 e. The number of hydrogen-bond acceptors (Lipinski definition) is 2. The summed E-state index contributed by atoms with van der Waals surface area (Å²) >= 11 is 0. The van der Waals surface area contributed by atoms with Gasteiger partial charge in [0.1, 0.15) is 0 Å². The summed E-state index contributed by atoms with van der Waals surface area (Å²) in [6.45, 7) is 2.72. The summed E-state index contributed by atoms with van der Waals surface area (Å²) < 4.78 is 0. The lowest BCUT2D eigenvalue weighted by atomic mass is 10.1. The van der Waals surface area contributed by atoms with Gasteiger partial charge in [0.15, 0.2) is 0 Å². The van der Waals surface area contributed by atoms with Crippen molar-refractivity contribution in [1.82, 2.24) is 4.90 Å². The van der Waals surface area contributed by atoms with E-state index < -0.39 is 0 Å². The van der Waals surface area contributed by atoms with Crippen molar-refractivity contribution in [2.24, 2.45) is 0 Å². The molecule has 1 N–H and O–H groups in total. The van der Waals surface area contributed by atoms with Crippen LogP contribution in [0.4, 0.5) is 0 Å². The zero-order valence-corrected chi connectivity index (χ0v) is 8.58. The molecule has 0 saturated carbocycles. The SMILES string of the molecule is CC1CCC2CCC(CCCO)N12. The van der Waals surface area contributed by atoms with Crippen molar-refractivity contribution < 1.29 is 5.11 Å². The third-order valence-electron chi connectivity index (χ3n) is 3.80. The topological polar surface area (TPSA) is 23.5 Å². The fourth-order valence-corrected chi connectivity index (χ4v) is 3.20. The minimum Gasteiger partial charge on any atom is -0.396 e. The summed E-state index contributed by atoms with van der Waals surface area (Å²) in [5.41, 5.74) is 0. The standard InChI is InChI=1S/C11H21NO/c1-9-4-5-11-7-6-10(12(9)11)3-2-8-13/h9-11,13H,2-8H2,1H3. The molecule has 0 aliphatic carbocycles. The van der Waals surface area contributed by atoms with E-state index in [4.69, 9.17) is 5.11 Å². The van der Waals surface area contributed by atoms with Crippen molar-refractivity contribution in [3.05, 3.63) is 0 Å². The van der Waals surface area contributed by atoms with Crippen molar-refractivity contribution in [2.45, 2.75) is 63.6 Å². The first-order valence-corrected chi connectivity index (χ1v) is 5.71. The summed E-state index contributed by atoms with van der Waals surface area (Å²) in [6, 6.07) is 2.48. The van der Waals surface area contributed by atoms with Crippen LogP contribution in [0, 0.1) is 0 Å². The Morgan fingerprint density at radius 1 is 1.23 bits per heavy atom. The van der Waals surface area contributed by atoms with Crippen LogP contribution < -0.4 is 0 Å². The molecule has 2 aliphatic heterocycles. The average molecular weight is 183 g/mol. The lowest BCUT2D eigenvalue weighted by Crippen LogP contribution is -2.36. The van der Waals surface area contributed by atoms with Crippen LogP contribution in [0.25, 0.3) is 0 Å². The van der Waals surface area contributed by atoms with Gasteiger partial charge < -0.3 is 5.11 Å². The van der Waals surface area contributed by atoms with Crippen molar-refractivity contribution in [2.75, 3.05) is 6.61 Å². The predicted octanol–water partition coefficient (Wildman–Crippen LogP) is 1.77. The lowest BCUT2D eigenvalue weighted by molar-refractivity contribution is 0.171. The molecule has 13 heavy (non-hydrogen) atoms. The molecule has 2 saturated heterocycles. The van der Waals surface area contributed by atoms with Gasteiger partial charge in [0.05, 0.1) is 0 Å². The molecule has 0 radical (unpaired) electrons. The quantitative estimate of drug-likeness (QED) is 0.721. The van der Waals surface area contributed by atoms with Crippen LogP contribution in [0.1, 0.15) is 45.4 Å². The minimum atomic E-state index is 0.364. The van der Waals surface area contributed by atoms with Gasteiger partial charge >= 0.3 is 0 Å². The van der Waals surface area contributed by atoms with E-state index >= 15 is 0 Å². The summed E-state index contributed by atoms with van der Waals surface area (Å²) in [5.74, 6) is 0. The normalized spacial score (nSPS) is 39.7. The zero-order chi connectivity index (χ0) is 9.26. The van der Waals surface area contributed by atoms with E-state index in [2.05, 4.69) is 11.8 Å². The second kappa shape index (κ2) is 3.97. The molecule has 0 aromatic carbocycles. The summed E-state index contributed by atoms with van der Waals surface area (Å²) in [6.07, 6.45) is 7.77. The van der Waals surface area contributed by atoms with Crippen LogP contribution in [-0.2, 0) is 0 Å². The Kier molecular flexibility index (Phi) is 2.89. The number of rotatable bonds is 3. The number of hydrogen-bond donors (Lipinski definition) is 1. The molecular formula is C11H21NO. The molecule has 2 nitrogen and oxygen atoms in total. The maximum Gasteiger partial charge on any atom is 0.0431 e. The molecule has 2 aliphatic rings. The first-order chi connectivity index (χ1) is 6.33. The van der Waals surface area contributed by atoms with Gasteiger partial charge in [-0.15, -0.1) is 0 Å². The highest BCUT2D eigenvalue weighted by molar-refractivity contribution is 4.95. The fraction of sp³-hybridized carbons (Fsp3) is 1.00. The van der Waals surface area contributed by atoms with E-state index in [1.54, 1.807) is 0 Å². The maximum atomic E-state index is 8.81. The highest BCUT2D eigenvalue weighted by atomic mass is 16.2. The molecule has 76 valence electrons. The van der Waals surface area contributed by atoms with E-state index in [1.807, 2.05) is 0 Å². The van der Waals surface area contributed by atoms with E-state index in [1.165, 1.54) is 32.1 Å². The molecular weight excluding hydrogens is 162 g/mol. The van der Waals surface area contributed by atoms with Gasteiger partial charge in [-0.3, -0.25) is 4.90 Å². The minimum absolute atomic E-state index is 0.364. The van der Waals surface area contributed by atoms with E-state index in [9.17, 15) is 0 Å². The summed E-state index contributed by atoms with van der Waals surface area (Å²) in [5, 5.41) is 8.81. The van der Waals surface area contributed by atoms with Gasteiger partial charge in [-0.2, -0.15) is 0 Å². The Hall–Kier alpha value is -0.0800. The van der Waals surface area contributed by atoms with Crippen LogP contribution >= 0.6 is 0 Å². The predicted molar refractivity (Wildman–Crippen MR) is 53.7 cm³/mol. The molecule has 2 heterocycles. The smallest absolute Gasteiger partial charge is 0.0431 e. The Morgan fingerprint density at radius 2 is 2.00 bits per heavy atom. The van der Waals surface area contributed by atoms with Crippen LogP contribution in [0.3, 0.4) is 0 Å². The Bertz CT molecular complexity index is 171. The molecule has 0 spiro atoms. The van der Waals surface area contributed by atoms with Gasteiger partial charge in [-0.25, -0.2) is 0 Å². The van der Waals surface area contributed by atoms with Crippen molar-refractivity contribution in [1.29, 1.82) is 0 Å². The molecule has 2 fully saturated rings. The molecule has 0 amide bonds. The van der Waals surface area contributed by atoms with Crippen LogP contribution in [0.2, 0.25) is 0 Å². The molecule has 3 atom stereocenters. The summed E-state index contributed by atoms with van der Waals surface area (Å²) in [7, 11) is 0. The third-order valence-corrected chi connectivity index (χ3v) is 3.80. The Balaban J connectivity index is 1.90. The first kappa shape index (κ1) is 9.47. The lowest BCUT2D eigenvalue weighted by Gasteiger charge is -2.28. The molecule has 0 aromatic rings. The van der Waals surface area contributed by atoms with Crippen LogP contribution in [-0.4, -0.2) is 34.7 Å². The maximum absolute atomic E-state index is 8.81. The van der Waals surface area contributed by atoms with Crippen LogP contribution in [0.15, 0.2) is 0 Å². The zero-order valence-electron chi connectivity index (χ0n) is 8.58. The molecule has 0 aromatic heterocycles. The third kappa shape index (κ3) is 1.75. The monoisotopic (exact) mass is 183 g/mol. The number of aliphatic hydroxyl groups excluding tert-OH is 1. The second-order valence-electron chi connectivity index (χ2n) is 4.62. The van der Waals surface area contributed by atoms with Crippen molar-refractivity contribution >= 4 is 0 Å². The molecule has 2 rings (SSSR count). The van der Waals surface area contributed by atoms with Crippen molar-refractivity contribution in [3.8, 4) is 0 Å². The number of nitrogens with zero attached hydrogens (tertiary/aromatic N) is 1. The van der Waals surface area contributed by atoms with Crippen molar-refractivity contribution in [3.63, 3.8) is 0 Å². The molecule has 2 heteroatoms. The Morgan fingerprint density at radius 3 is 2.77 bits per heavy atom. The van der Waals surface area contributed by atoms with E-state index in [0.29, 0.717) is 6.61 Å². The number of fused-ring (bicyclic) bond motifs is 1. The number of aliphatic hydroxyl groups is 1. The van der Waals surface area contributed by atoms with Gasteiger partial charge in [0.25, 0.3) is 0 Å². The molecule has 3 unspecified atom stereocenters. The van der Waals surface area contributed by atoms with Crippen LogP contribution in [0.5, 0.6) is 0 Å². The van der Waals surface area contributed by atoms with Gasteiger partial charge in [0.2, 0.25) is 0 Å². The summed E-state index contributed by atoms with van der Waals surface area (Å²) in [4.78, 5) is 2.72. The van der Waals surface area contributed by atoms with Gasteiger partial charge in [-0.05, 0) is 45.4 Å². The van der Waals surface area contributed by atoms with E-state index in [-0.39, 0.29) is 0 Å². The fourth-order valence-electron chi connectivity index (χ4n) is 3.20. The van der Waals surface area contributed by atoms with Gasteiger partial charge in [0, 0.05) is 24.7 Å². The highest BCUT2D eigenvalue weighted by Crippen LogP contribution is 2.37. The average Bonchev–Trinajstić information content (AvgIpc) is 2.67. The Labute approximate surface area is 80.9 Å². The molecule has 0 bridgehead atoms. The van der Waals surface area contributed by atoms with Gasteiger partial charge in [-0.1, -0.05) is 0 Å².